The Bertz CT molecular complexity index is 433. The quantitative estimate of drug-likeness (QED) is 0.472. The molecule has 0 aliphatic heterocycles. The van der Waals surface area contributed by atoms with E-state index in [4.69, 9.17) is 0 Å². The first-order chi connectivity index (χ1) is 6.99. The zero-order valence-electron chi connectivity index (χ0n) is 7.49. The lowest BCUT2D eigenvalue weighted by Crippen LogP contribution is -2.06. The molecular formula is C8H5Br2NO4. The molecule has 0 spiro atoms. The summed E-state index contributed by atoms with van der Waals surface area (Å²) in [5, 5.41) is 10.8. The van der Waals surface area contributed by atoms with Crippen LogP contribution in [0.4, 0.5) is 5.69 Å². The number of carbonyl (C=O) groups is 1. The molecule has 0 aromatic heterocycles. The van der Waals surface area contributed by atoms with E-state index in [9.17, 15) is 14.9 Å². The van der Waals surface area contributed by atoms with Crippen molar-refractivity contribution < 1.29 is 14.5 Å². The van der Waals surface area contributed by atoms with Gasteiger partial charge in [0, 0.05) is 4.47 Å². The van der Waals surface area contributed by atoms with E-state index < -0.39 is 10.9 Å². The van der Waals surface area contributed by atoms with Gasteiger partial charge in [-0.1, -0.05) is 0 Å². The molecule has 15 heavy (non-hydrogen) atoms. The van der Waals surface area contributed by atoms with Crippen molar-refractivity contribution in [2.75, 3.05) is 7.11 Å². The van der Waals surface area contributed by atoms with Gasteiger partial charge < -0.3 is 4.74 Å². The maximum absolute atomic E-state index is 11.2. The van der Waals surface area contributed by atoms with Crippen molar-refractivity contribution >= 4 is 43.5 Å². The Hall–Kier alpha value is -0.950. The largest absolute Gasteiger partial charge is 0.465 e. The highest BCUT2D eigenvalue weighted by Gasteiger charge is 2.25. The smallest absolute Gasteiger partial charge is 0.344 e. The van der Waals surface area contributed by atoms with Crippen LogP contribution in [0.3, 0.4) is 0 Å². The van der Waals surface area contributed by atoms with Gasteiger partial charge in [0.25, 0.3) is 5.69 Å². The van der Waals surface area contributed by atoms with Gasteiger partial charge in [-0.15, -0.1) is 0 Å². The molecule has 0 radical (unpaired) electrons. The van der Waals surface area contributed by atoms with Crippen molar-refractivity contribution in [1.82, 2.24) is 0 Å². The lowest BCUT2D eigenvalue weighted by molar-refractivity contribution is -0.386. The molecule has 5 nitrogen and oxygen atoms in total. The summed E-state index contributed by atoms with van der Waals surface area (Å²) >= 11 is 6.15. The number of carbonyl (C=O) groups excluding carboxylic acids is 1. The first-order valence-electron chi connectivity index (χ1n) is 3.69. The molecule has 0 aliphatic rings. The van der Waals surface area contributed by atoms with Crippen LogP contribution in [0, 0.1) is 10.1 Å². The summed E-state index contributed by atoms with van der Waals surface area (Å²) < 4.78 is 5.16. The Morgan fingerprint density at radius 3 is 2.53 bits per heavy atom. The molecular weight excluding hydrogens is 334 g/mol. The summed E-state index contributed by atoms with van der Waals surface area (Å²) in [5.41, 5.74) is -0.395. The van der Waals surface area contributed by atoms with Gasteiger partial charge in [-0.25, -0.2) is 4.79 Å². The first-order valence-corrected chi connectivity index (χ1v) is 5.28. The number of nitro benzene ring substituents is 1. The molecule has 0 heterocycles. The van der Waals surface area contributed by atoms with Crippen LogP contribution in [0.15, 0.2) is 21.1 Å². The van der Waals surface area contributed by atoms with E-state index in [2.05, 4.69) is 36.6 Å². The minimum absolute atomic E-state index is 0.0856. The van der Waals surface area contributed by atoms with Crippen molar-refractivity contribution in [2.45, 2.75) is 0 Å². The monoisotopic (exact) mass is 337 g/mol. The molecule has 1 rings (SSSR count). The highest BCUT2D eigenvalue weighted by atomic mass is 79.9. The lowest BCUT2D eigenvalue weighted by Gasteiger charge is -2.03. The zero-order valence-corrected chi connectivity index (χ0v) is 10.7. The first kappa shape index (κ1) is 12.1. The summed E-state index contributed by atoms with van der Waals surface area (Å²) in [5.74, 6) is -0.741. The summed E-state index contributed by atoms with van der Waals surface area (Å²) in [7, 11) is 1.17. The molecule has 0 saturated carbocycles. The molecule has 0 N–H and O–H groups in total. The number of methoxy groups -OCH3 is 1. The second-order valence-electron chi connectivity index (χ2n) is 2.51. The number of nitrogens with zero attached hydrogens (tertiary/aromatic N) is 1. The molecule has 0 aliphatic carbocycles. The summed E-state index contributed by atoms with van der Waals surface area (Å²) in [6, 6.07) is 2.86. The Morgan fingerprint density at radius 2 is 2.07 bits per heavy atom. The van der Waals surface area contributed by atoms with E-state index in [1.165, 1.54) is 19.2 Å². The number of benzene rings is 1. The van der Waals surface area contributed by atoms with Gasteiger partial charge >= 0.3 is 5.97 Å². The zero-order chi connectivity index (χ0) is 11.6. The lowest BCUT2D eigenvalue weighted by atomic mass is 10.2. The maximum Gasteiger partial charge on any atom is 0.344 e. The number of halogens is 2. The molecule has 0 atom stereocenters. The molecule has 0 fully saturated rings. The number of nitro groups is 1. The van der Waals surface area contributed by atoms with Crippen molar-refractivity contribution in [2.24, 2.45) is 0 Å². The van der Waals surface area contributed by atoms with E-state index in [0.717, 1.165) is 0 Å². The Balaban J connectivity index is 3.46. The van der Waals surface area contributed by atoms with E-state index in [1.54, 1.807) is 0 Å². The minimum Gasteiger partial charge on any atom is -0.465 e. The summed E-state index contributed by atoms with van der Waals surface area (Å²) in [4.78, 5) is 21.4. The highest BCUT2D eigenvalue weighted by Crippen LogP contribution is 2.35. The fourth-order valence-corrected chi connectivity index (χ4v) is 1.80. The topological polar surface area (TPSA) is 69.4 Å². The molecule has 7 heteroatoms. The van der Waals surface area contributed by atoms with Crippen LogP contribution < -0.4 is 0 Å². The Morgan fingerprint density at radius 1 is 1.47 bits per heavy atom. The number of rotatable bonds is 2. The summed E-state index contributed by atoms with van der Waals surface area (Å²) in [6.45, 7) is 0. The third-order valence-corrected chi connectivity index (χ3v) is 3.65. The molecule has 0 amide bonds. The number of ether oxygens (including phenoxy) is 1. The predicted molar refractivity (Wildman–Crippen MR) is 59.8 cm³/mol. The van der Waals surface area contributed by atoms with Gasteiger partial charge in [-0.2, -0.15) is 0 Å². The average Bonchev–Trinajstić information content (AvgIpc) is 2.20. The number of hydrogen-bond acceptors (Lipinski definition) is 4. The summed E-state index contributed by atoms with van der Waals surface area (Å²) in [6.07, 6.45) is 0. The van der Waals surface area contributed by atoms with Crippen molar-refractivity contribution in [3.8, 4) is 0 Å². The van der Waals surface area contributed by atoms with Crippen LogP contribution in [-0.4, -0.2) is 18.0 Å². The molecule has 80 valence electrons. The van der Waals surface area contributed by atoms with Crippen LogP contribution in [0.1, 0.15) is 10.4 Å². The third-order valence-electron chi connectivity index (χ3n) is 1.66. The fourth-order valence-electron chi connectivity index (χ4n) is 0.993. The Kier molecular flexibility index (Phi) is 3.81. The SMILES string of the molecule is COC(=O)c1ccc(Br)c(Br)c1[N+](=O)[O-]. The minimum atomic E-state index is -0.741. The molecule has 0 bridgehead atoms. The number of esters is 1. The average molecular weight is 339 g/mol. The van der Waals surface area contributed by atoms with Gasteiger partial charge in [-0.3, -0.25) is 10.1 Å². The van der Waals surface area contributed by atoms with E-state index >= 15 is 0 Å². The standard InChI is InChI=1S/C8H5Br2NO4/c1-15-8(12)4-2-3-5(9)6(10)7(4)11(13)14/h2-3H,1H3. The van der Waals surface area contributed by atoms with Gasteiger partial charge in [0.15, 0.2) is 0 Å². The molecule has 0 saturated heterocycles. The second kappa shape index (κ2) is 4.71. The van der Waals surface area contributed by atoms with Crippen molar-refractivity contribution in [3.63, 3.8) is 0 Å². The van der Waals surface area contributed by atoms with E-state index in [1.807, 2.05) is 0 Å². The van der Waals surface area contributed by atoms with E-state index in [-0.39, 0.29) is 15.7 Å². The normalized spacial score (nSPS) is 9.80. The maximum atomic E-state index is 11.2. The Labute approximate surface area is 102 Å². The van der Waals surface area contributed by atoms with Gasteiger partial charge in [0.05, 0.1) is 12.0 Å². The molecule has 1 aromatic rings. The van der Waals surface area contributed by atoms with E-state index in [0.29, 0.717) is 4.47 Å². The van der Waals surface area contributed by atoms with Crippen LogP contribution in [0.25, 0.3) is 0 Å². The van der Waals surface area contributed by atoms with Crippen molar-refractivity contribution in [1.29, 1.82) is 0 Å². The van der Waals surface area contributed by atoms with Gasteiger partial charge in [0.1, 0.15) is 10.0 Å². The third kappa shape index (κ3) is 2.35. The van der Waals surface area contributed by atoms with Gasteiger partial charge in [-0.05, 0) is 44.0 Å². The van der Waals surface area contributed by atoms with Gasteiger partial charge in [0.2, 0.25) is 0 Å². The molecule has 0 unspecified atom stereocenters. The fraction of sp³-hybridized carbons (Fsp3) is 0.125. The van der Waals surface area contributed by atoms with Crippen LogP contribution >= 0.6 is 31.9 Å². The number of hydrogen-bond donors (Lipinski definition) is 0. The highest BCUT2D eigenvalue weighted by molar-refractivity contribution is 9.13. The molecule has 1 aromatic carbocycles. The predicted octanol–water partition coefficient (Wildman–Crippen LogP) is 2.91. The van der Waals surface area contributed by atoms with Crippen molar-refractivity contribution in [3.05, 3.63) is 36.8 Å². The second-order valence-corrected chi connectivity index (χ2v) is 4.15. The van der Waals surface area contributed by atoms with Crippen LogP contribution in [0.2, 0.25) is 0 Å². The van der Waals surface area contributed by atoms with Crippen LogP contribution in [-0.2, 0) is 4.74 Å². The van der Waals surface area contributed by atoms with Crippen LogP contribution in [0.5, 0.6) is 0 Å².